The third kappa shape index (κ3) is 2.41. The lowest BCUT2D eigenvalue weighted by molar-refractivity contribution is 0.0223. The van der Waals surface area contributed by atoms with Gasteiger partial charge in [-0.05, 0) is 25.8 Å². The van der Waals surface area contributed by atoms with Gasteiger partial charge in [-0.25, -0.2) is 0 Å². The van der Waals surface area contributed by atoms with Crippen LogP contribution in [0.3, 0.4) is 0 Å². The first kappa shape index (κ1) is 13.1. The number of aliphatic hydroxyl groups is 1. The van der Waals surface area contributed by atoms with Crippen LogP contribution in [0.2, 0.25) is 0 Å². The number of aryl methyl sites for hydroxylation is 2. The molecule has 1 N–H and O–H groups in total. The number of aliphatic hydroxyl groups excluding tert-OH is 1. The second-order valence-corrected chi connectivity index (χ2v) is 5.07. The molecule has 0 radical (unpaired) electrons. The summed E-state index contributed by atoms with van der Waals surface area (Å²) in [6.07, 6.45) is 1.29. The summed E-state index contributed by atoms with van der Waals surface area (Å²) >= 11 is 0. The Labute approximate surface area is 107 Å². The van der Waals surface area contributed by atoms with Crippen molar-refractivity contribution in [3.63, 3.8) is 0 Å². The molecule has 1 aromatic rings. The van der Waals surface area contributed by atoms with Crippen molar-refractivity contribution in [1.29, 1.82) is 0 Å². The Morgan fingerprint density at radius 3 is 2.89 bits per heavy atom. The molecule has 100 valence electrons. The number of likely N-dealkylation sites (tertiary alicyclic amines) is 1. The van der Waals surface area contributed by atoms with Crippen LogP contribution < -0.4 is 0 Å². The van der Waals surface area contributed by atoms with Crippen LogP contribution in [0.4, 0.5) is 0 Å². The molecule has 5 heteroatoms. The molecule has 1 aromatic heterocycles. The average molecular weight is 251 g/mol. The van der Waals surface area contributed by atoms with Gasteiger partial charge in [-0.3, -0.25) is 9.48 Å². The fraction of sp³-hybridized carbons (Fsp3) is 0.692. The van der Waals surface area contributed by atoms with Crippen molar-refractivity contribution in [3.05, 3.63) is 17.5 Å². The fourth-order valence-electron chi connectivity index (χ4n) is 2.58. The number of amides is 1. The minimum absolute atomic E-state index is 0.0171. The Kier molecular flexibility index (Phi) is 3.71. The lowest BCUT2D eigenvalue weighted by Gasteiger charge is -2.35. The number of carbonyl (C=O) groups excluding carboxylic acids is 1. The van der Waals surface area contributed by atoms with Crippen LogP contribution >= 0.6 is 0 Å². The molecule has 2 unspecified atom stereocenters. The molecule has 2 heterocycles. The second kappa shape index (κ2) is 5.10. The van der Waals surface area contributed by atoms with Gasteiger partial charge in [0.1, 0.15) is 5.69 Å². The van der Waals surface area contributed by atoms with Crippen LogP contribution in [-0.4, -0.2) is 44.9 Å². The van der Waals surface area contributed by atoms with Gasteiger partial charge >= 0.3 is 0 Å². The number of piperidine rings is 1. The quantitative estimate of drug-likeness (QED) is 0.851. The van der Waals surface area contributed by atoms with E-state index in [-0.39, 0.29) is 17.9 Å². The van der Waals surface area contributed by atoms with Crippen molar-refractivity contribution in [2.24, 2.45) is 13.0 Å². The molecule has 2 rings (SSSR count). The van der Waals surface area contributed by atoms with E-state index >= 15 is 0 Å². The summed E-state index contributed by atoms with van der Waals surface area (Å²) in [6, 6.07) is 1.81. The maximum Gasteiger partial charge on any atom is 0.272 e. The van der Waals surface area contributed by atoms with E-state index < -0.39 is 0 Å². The molecule has 18 heavy (non-hydrogen) atoms. The molecule has 1 fully saturated rings. The summed E-state index contributed by atoms with van der Waals surface area (Å²) in [5.41, 5.74) is 1.48. The van der Waals surface area contributed by atoms with E-state index in [0.717, 1.165) is 12.1 Å². The van der Waals surface area contributed by atoms with Crippen LogP contribution in [0, 0.1) is 12.8 Å². The van der Waals surface area contributed by atoms with Crippen LogP contribution in [0.25, 0.3) is 0 Å². The van der Waals surface area contributed by atoms with Crippen LogP contribution in [0.5, 0.6) is 0 Å². The van der Waals surface area contributed by atoms with Gasteiger partial charge in [-0.2, -0.15) is 5.10 Å². The molecule has 0 aromatic carbocycles. The highest BCUT2D eigenvalue weighted by molar-refractivity contribution is 5.92. The smallest absolute Gasteiger partial charge is 0.272 e. The molecule has 1 aliphatic heterocycles. The van der Waals surface area contributed by atoms with E-state index in [4.69, 9.17) is 0 Å². The summed E-state index contributed by atoms with van der Waals surface area (Å²) in [5.74, 6) is 0.209. The molecular weight excluding hydrogens is 230 g/mol. The van der Waals surface area contributed by atoms with E-state index in [9.17, 15) is 9.90 Å². The van der Waals surface area contributed by atoms with E-state index in [2.05, 4.69) is 12.0 Å². The van der Waals surface area contributed by atoms with Crippen LogP contribution in [0.15, 0.2) is 6.07 Å². The second-order valence-electron chi connectivity index (χ2n) is 5.07. The molecule has 5 nitrogen and oxygen atoms in total. The number of hydrogen-bond donors (Lipinski definition) is 1. The fourth-order valence-corrected chi connectivity index (χ4v) is 2.58. The molecule has 0 bridgehead atoms. The van der Waals surface area contributed by atoms with Crippen molar-refractivity contribution in [2.75, 3.05) is 13.1 Å². The van der Waals surface area contributed by atoms with E-state index in [1.165, 1.54) is 0 Å². The van der Waals surface area contributed by atoms with Gasteiger partial charge in [0.15, 0.2) is 0 Å². The summed E-state index contributed by atoms with van der Waals surface area (Å²) in [4.78, 5) is 14.2. The van der Waals surface area contributed by atoms with Crippen LogP contribution in [-0.2, 0) is 7.05 Å². The highest BCUT2D eigenvalue weighted by atomic mass is 16.3. The molecule has 0 spiro atoms. The van der Waals surface area contributed by atoms with E-state index in [1.807, 2.05) is 17.9 Å². The molecule has 1 aliphatic rings. The maximum atomic E-state index is 12.4. The van der Waals surface area contributed by atoms with Gasteiger partial charge < -0.3 is 10.0 Å². The first-order chi connectivity index (χ1) is 8.52. The zero-order chi connectivity index (χ0) is 13.3. The third-order valence-electron chi connectivity index (χ3n) is 3.73. The highest BCUT2D eigenvalue weighted by Gasteiger charge is 2.30. The Morgan fingerprint density at radius 2 is 2.33 bits per heavy atom. The van der Waals surface area contributed by atoms with Crippen molar-refractivity contribution in [2.45, 2.75) is 32.8 Å². The first-order valence-electron chi connectivity index (χ1n) is 6.51. The molecule has 0 aliphatic carbocycles. The zero-order valence-corrected chi connectivity index (χ0v) is 11.3. The Balaban J connectivity index is 2.12. The first-order valence-corrected chi connectivity index (χ1v) is 6.51. The number of nitrogens with zero attached hydrogens (tertiary/aromatic N) is 3. The Hall–Kier alpha value is -1.36. The van der Waals surface area contributed by atoms with Crippen molar-refractivity contribution in [3.8, 4) is 0 Å². The van der Waals surface area contributed by atoms with Crippen molar-refractivity contribution >= 4 is 5.91 Å². The molecular formula is C13H21N3O2. The lowest BCUT2D eigenvalue weighted by atomic mass is 9.92. The normalized spacial score (nSPS) is 24.3. The lowest BCUT2D eigenvalue weighted by Crippen LogP contribution is -2.46. The average Bonchev–Trinajstić information content (AvgIpc) is 2.68. The van der Waals surface area contributed by atoms with Crippen molar-refractivity contribution < 1.29 is 9.90 Å². The monoisotopic (exact) mass is 251 g/mol. The summed E-state index contributed by atoms with van der Waals surface area (Å²) < 4.78 is 1.63. The standard InChI is InChI=1S/C13H21N3O2/c1-4-10-8-16(6-5-12(10)17)13(18)11-7-9(2)14-15(11)3/h7,10,12,17H,4-6,8H2,1-3H3. The maximum absolute atomic E-state index is 12.4. The van der Waals surface area contributed by atoms with Crippen molar-refractivity contribution in [1.82, 2.24) is 14.7 Å². The molecule has 0 saturated carbocycles. The summed E-state index contributed by atoms with van der Waals surface area (Å²) in [5, 5.41) is 14.0. The van der Waals surface area contributed by atoms with E-state index in [0.29, 0.717) is 25.2 Å². The Morgan fingerprint density at radius 1 is 1.61 bits per heavy atom. The largest absolute Gasteiger partial charge is 0.393 e. The summed E-state index contributed by atoms with van der Waals surface area (Å²) in [6.45, 7) is 5.20. The number of aromatic nitrogens is 2. The van der Waals surface area contributed by atoms with Gasteiger partial charge in [-0.1, -0.05) is 6.92 Å². The number of hydrogen-bond acceptors (Lipinski definition) is 3. The predicted octanol–water partition coefficient (Wildman–Crippen LogP) is 0.962. The number of carbonyl (C=O) groups is 1. The molecule has 1 amide bonds. The van der Waals surface area contributed by atoms with Gasteiger partial charge in [0.2, 0.25) is 0 Å². The van der Waals surface area contributed by atoms with Gasteiger partial charge in [0.05, 0.1) is 11.8 Å². The molecule has 2 atom stereocenters. The topological polar surface area (TPSA) is 58.4 Å². The van der Waals surface area contributed by atoms with Crippen LogP contribution in [0.1, 0.15) is 35.9 Å². The summed E-state index contributed by atoms with van der Waals surface area (Å²) in [7, 11) is 1.79. The Bertz CT molecular complexity index is 441. The van der Waals surface area contributed by atoms with E-state index in [1.54, 1.807) is 11.7 Å². The molecule has 1 saturated heterocycles. The minimum atomic E-state index is -0.271. The minimum Gasteiger partial charge on any atom is -0.393 e. The zero-order valence-electron chi connectivity index (χ0n) is 11.3. The predicted molar refractivity (Wildman–Crippen MR) is 68.3 cm³/mol. The van der Waals surface area contributed by atoms with Gasteiger partial charge in [0.25, 0.3) is 5.91 Å². The number of rotatable bonds is 2. The van der Waals surface area contributed by atoms with Gasteiger partial charge in [0, 0.05) is 26.1 Å². The SMILES string of the molecule is CCC1CN(C(=O)c2cc(C)nn2C)CCC1O. The highest BCUT2D eigenvalue weighted by Crippen LogP contribution is 2.21. The third-order valence-corrected chi connectivity index (χ3v) is 3.73. The van der Waals surface area contributed by atoms with Gasteiger partial charge in [-0.15, -0.1) is 0 Å².